The van der Waals surface area contributed by atoms with Crippen molar-refractivity contribution in [3.8, 4) is 0 Å². The van der Waals surface area contributed by atoms with Crippen LogP contribution in [0.15, 0.2) is 12.7 Å². The third-order valence-electron chi connectivity index (χ3n) is 3.46. The highest BCUT2D eigenvalue weighted by atomic mass is 16.6. The van der Waals surface area contributed by atoms with Gasteiger partial charge in [0.2, 0.25) is 0 Å². The molecular formula is C12H15N5O5. The van der Waals surface area contributed by atoms with Crippen molar-refractivity contribution < 1.29 is 24.5 Å². The second-order valence-electron chi connectivity index (χ2n) is 4.90. The number of anilines is 1. The molecule has 0 amide bonds. The number of nitrogen functional groups attached to an aromatic ring is 1. The molecular weight excluding hydrogens is 294 g/mol. The van der Waals surface area contributed by atoms with Gasteiger partial charge in [0.25, 0.3) is 0 Å². The van der Waals surface area contributed by atoms with Crippen LogP contribution in [0.5, 0.6) is 0 Å². The highest BCUT2D eigenvalue weighted by Gasteiger charge is 2.47. The summed E-state index contributed by atoms with van der Waals surface area (Å²) in [4.78, 5) is 23.3. The summed E-state index contributed by atoms with van der Waals surface area (Å²) in [5, 5.41) is 19.4. The number of nitrogens with zero attached hydrogens (tertiary/aromatic N) is 4. The molecule has 0 saturated carbocycles. The number of imidazole rings is 1. The van der Waals surface area contributed by atoms with Crippen molar-refractivity contribution in [3.63, 3.8) is 0 Å². The van der Waals surface area contributed by atoms with E-state index in [-0.39, 0.29) is 5.82 Å². The summed E-state index contributed by atoms with van der Waals surface area (Å²) in [6, 6.07) is 0. The first kappa shape index (κ1) is 14.6. The van der Waals surface area contributed by atoms with Gasteiger partial charge in [0.1, 0.15) is 24.1 Å². The molecule has 10 nitrogen and oxygen atoms in total. The predicted octanol–water partition coefficient (Wildman–Crippen LogP) is -1.41. The lowest BCUT2D eigenvalue weighted by molar-refractivity contribution is -0.155. The summed E-state index contributed by atoms with van der Waals surface area (Å²) in [6.07, 6.45) is -1.25. The Morgan fingerprint density at radius 1 is 1.50 bits per heavy atom. The van der Waals surface area contributed by atoms with Crippen LogP contribution < -0.4 is 5.73 Å². The lowest BCUT2D eigenvalue weighted by Crippen LogP contribution is -2.36. The number of carbonyl (C=O) groups excluding carboxylic acids is 1. The van der Waals surface area contributed by atoms with Gasteiger partial charge in [0.15, 0.2) is 23.8 Å². The van der Waals surface area contributed by atoms with Gasteiger partial charge in [0, 0.05) is 6.92 Å². The Kier molecular flexibility index (Phi) is 3.64. The van der Waals surface area contributed by atoms with Gasteiger partial charge < -0.3 is 25.4 Å². The number of hydrogen-bond acceptors (Lipinski definition) is 9. The van der Waals surface area contributed by atoms with Gasteiger partial charge in [-0.1, -0.05) is 0 Å². The largest absolute Gasteiger partial charge is 0.455 e. The number of aliphatic hydroxyl groups is 2. The molecule has 0 unspecified atom stereocenters. The second kappa shape index (κ2) is 5.48. The zero-order valence-electron chi connectivity index (χ0n) is 11.7. The van der Waals surface area contributed by atoms with Gasteiger partial charge in [-0.25, -0.2) is 15.0 Å². The van der Waals surface area contributed by atoms with E-state index in [1.54, 1.807) is 0 Å². The quantitative estimate of drug-likeness (QED) is 0.582. The van der Waals surface area contributed by atoms with Gasteiger partial charge in [-0.05, 0) is 0 Å². The molecule has 0 aliphatic carbocycles. The van der Waals surface area contributed by atoms with Crippen LogP contribution >= 0.6 is 0 Å². The number of nitrogens with two attached hydrogens (primary N) is 1. The Morgan fingerprint density at radius 2 is 2.27 bits per heavy atom. The highest BCUT2D eigenvalue weighted by Crippen LogP contribution is 2.33. The van der Waals surface area contributed by atoms with Gasteiger partial charge in [0.05, 0.1) is 12.9 Å². The number of aromatic nitrogens is 4. The SMILES string of the molecule is CC(=O)O[C@@H]1[C@H](O)[C@@H](CO)O[C@H]1n1cnc2c(N)ncnc21. The molecule has 1 saturated heterocycles. The van der Waals surface area contributed by atoms with E-state index in [2.05, 4.69) is 15.0 Å². The number of carbonyl (C=O) groups is 1. The molecule has 1 aliphatic rings. The van der Waals surface area contributed by atoms with Crippen LogP contribution in [0.1, 0.15) is 13.2 Å². The molecule has 22 heavy (non-hydrogen) atoms. The molecule has 0 spiro atoms. The van der Waals surface area contributed by atoms with E-state index >= 15 is 0 Å². The van der Waals surface area contributed by atoms with Crippen molar-refractivity contribution in [2.45, 2.75) is 31.5 Å². The molecule has 1 aliphatic heterocycles. The highest BCUT2D eigenvalue weighted by molar-refractivity contribution is 5.81. The average molecular weight is 309 g/mol. The van der Waals surface area contributed by atoms with E-state index in [4.69, 9.17) is 15.2 Å². The molecule has 0 aromatic carbocycles. The van der Waals surface area contributed by atoms with Crippen molar-refractivity contribution >= 4 is 23.0 Å². The van der Waals surface area contributed by atoms with E-state index in [1.165, 1.54) is 24.1 Å². The van der Waals surface area contributed by atoms with E-state index in [9.17, 15) is 15.0 Å². The third kappa shape index (κ3) is 2.26. The van der Waals surface area contributed by atoms with Crippen molar-refractivity contribution in [2.24, 2.45) is 0 Å². The molecule has 4 atom stereocenters. The monoisotopic (exact) mass is 309 g/mol. The van der Waals surface area contributed by atoms with Crippen LogP contribution in [-0.2, 0) is 14.3 Å². The average Bonchev–Trinajstić information content (AvgIpc) is 3.02. The molecule has 0 bridgehead atoms. The molecule has 118 valence electrons. The van der Waals surface area contributed by atoms with Crippen molar-refractivity contribution in [1.82, 2.24) is 19.5 Å². The minimum atomic E-state index is -1.17. The molecule has 1 fully saturated rings. The standard InChI is InChI=1S/C12H15N5O5/c1-5(19)21-9-8(20)6(2-18)22-12(9)17-4-16-7-10(13)14-3-15-11(7)17/h3-4,6,8-9,12,18,20H,2H2,1H3,(H2,13,14,15)/t6-,8-,9-,12-/m1/s1. The van der Waals surface area contributed by atoms with E-state index < -0.39 is 37.1 Å². The zero-order valence-corrected chi connectivity index (χ0v) is 11.7. The first-order valence-corrected chi connectivity index (χ1v) is 6.57. The maximum Gasteiger partial charge on any atom is 0.303 e. The summed E-state index contributed by atoms with van der Waals surface area (Å²) in [5.41, 5.74) is 6.47. The molecule has 4 N–H and O–H groups in total. The van der Waals surface area contributed by atoms with E-state index in [0.717, 1.165) is 0 Å². The first-order chi connectivity index (χ1) is 10.5. The maximum atomic E-state index is 11.3. The van der Waals surface area contributed by atoms with E-state index in [0.29, 0.717) is 11.2 Å². The smallest absolute Gasteiger partial charge is 0.303 e. The number of ether oxygens (including phenoxy) is 2. The van der Waals surface area contributed by atoms with Crippen LogP contribution in [0.4, 0.5) is 5.82 Å². The minimum absolute atomic E-state index is 0.199. The Morgan fingerprint density at radius 3 is 2.95 bits per heavy atom. The number of hydrogen-bond donors (Lipinski definition) is 3. The van der Waals surface area contributed by atoms with E-state index in [1.807, 2.05) is 0 Å². The Balaban J connectivity index is 2.03. The summed E-state index contributed by atoms with van der Waals surface area (Å²) < 4.78 is 12.2. The predicted molar refractivity (Wildman–Crippen MR) is 72.3 cm³/mol. The van der Waals surface area contributed by atoms with Crippen molar-refractivity contribution in [2.75, 3.05) is 12.3 Å². The van der Waals surface area contributed by atoms with Crippen LogP contribution in [0, 0.1) is 0 Å². The lowest BCUT2D eigenvalue weighted by atomic mass is 10.1. The zero-order chi connectivity index (χ0) is 15.9. The number of fused-ring (bicyclic) bond motifs is 1. The summed E-state index contributed by atoms with van der Waals surface area (Å²) >= 11 is 0. The second-order valence-corrected chi connectivity index (χ2v) is 4.90. The molecule has 10 heteroatoms. The third-order valence-corrected chi connectivity index (χ3v) is 3.46. The summed E-state index contributed by atoms with van der Waals surface area (Å²) in [7, 11) is 0. The van der Waals surface area contributed by atoms with Gasteiger partial charge in [-0.2, -0.15) is 0 Å². The van der Waals surface area contributed by atoms with Crippen molar-refractivity contribution in [3.05, 3.63) is 12.7 Å². The van der Waals surface area contributed by atoms with Crippen LogP contribution in [0.25, 0.3) is 11.2 Å². The topological polar surface area (TPSA) is 146 Å². The summed E-state index contributed by atoms with van der Waals surface area (Å²) in [5.74, 6) is -0.375. The van der Waals surface area contributed by atoms with Gasteiger partial charge in [-0.15, -0.1) is 0 Å². The maximum absolute atomic E-state index is 11.3. The normalized spacial score (nSPS) is 28.1. The molecule has 2 aromatic rings. The molecule has 3 rings (SSSR count). The van der Waals surface area contributed by atoms with Crippen LogP contribution in [-0.4, -0.2) is 60.6 Å². The lowest BCUT2D eigenvalue weighted by Gasteiger charge is -2.21. The van der Waals surface area contributed by atoms with Crippen molar-refractivity contribution in [1.29, 1.82) is 0 Å². The molecule has 0 radical (unpaired) electrons. The van der Waals surface area contributed by atoms with Crippen LogP contribution in [0.3, 0.4) is 0 Å². The Hall–Kier alpha value is -2.30. The number of esters is 1. The summed E-state index contributed by atoms with van der Waals surface area (Å²) in [6.45, 7) is 0.807. The Labute approximate surface area is 124 Å². The van der Waals surface area contributed by atoms with Gasteiger partial charge in [-0.3, -0.25) is 9.36 Å². The Bertz CT molecular complexity index is 704. The minimum Gasteiger partial charge on any atom is -0.455 e. The fourth-order valence-corrected chi connectivity index (χ4v) is 2.47. The fourth-order valence-electron chi connectivity index (χ4n) is 2.47. The fraction of sp³-hybridized carbons (Fsp3) is 0.500. The molecule has 3 heterocycles. The number of aliphatic hydroxyl groups excluding tert-OH is 2. The molecule has 2 aromatic heterocycles. The van der Waals surface area contributed by atoms with Gasteiger partial charge >= 0.3 is 5.97 Å². The van der Waals surface area contributed by atoms with Crippen LogP contribution in [0.2, 0.25) is 0 Å². The first-order valence-electron chi connectivity index (χ1n) is 6.57. The number of rotatable bonds is 3.